The number of amides is 1. The second-order valence-corrected chi connectivity index (χ2v) is 5.12. The molecule has 0 aliphatic heterocycles. The Kier molecular flexibility index (Phi) is 6.18. The summed E-state index contributed by atoms with van der Waals surface area (Å²) in [6.07, 6.45) is 0.0471. The highest BCUT2D eigenvalue weighted by atomic mass is 16.4. The molecule has 0 saturated carbocycles. The van der Waals surface area contributed by atoms with Gasteiger partial charge in [0.15, 0.2) is 0 Å². The van der Waals surface area contributed by atoms with Crippen LogP contribution < -0.4 is 0 Å². The highest BCUT2D eigenvalue weighted by molar-refractivity contribution is 5.78. The van der Waals surface area contributed by atoms with Crippen LogP contribution in [0.5, 0.6) is 0 Å². The number of hydrogen-bond donors (Lipinski definition) is 1. The SMILES string of the molecule is Cc1ccc(CN(C)C(=O)CN(C)CCC(=O)O)cc1. The van der Waals surface area contributed by atoms with Crippen molar-refractivity contribution in [2.24, 2.45) is 0 Å². The second-order valence-electron chi connectivity index (χ2n) is 5.12. The first-order chi connectivity index (χ1) is 9.38. The normalized spacial score (nSPS) is 10.6. The minimum Gasteiger partial charge on any atom is -0.481 e. The predicted octanol–water partition coefficient (Wildman–Crippen LogP) is 1.36. The van der Waals surface area contributed by atoms with Gasteiger partial charge in [0.1, 0.15) is 0 Å². The van der Waals surface area contributed by atoms with Crippen LogP contribution in [0.2, 0.25) is 0 Å². The maximum atomic E-state index is 12.0. The first-order valence-electron chi connectivity index (χ1n) is 6.58. The number of hydrogen-bond acceptors (Lipinski definition) is 3. The smallest absolute Gasteiger partial charge is 0.304 e. The summed E-state index contributed by atoms with van der Waals surface area (Å²) >= 11 is 0. The van der Waals surface area contributed by atoms with Gasteiger partial charge in [-0.25, -0.2) is 0 Å². The fourth-order valence-corrected chi connectivity index (χ4v) is 1.77. The van der Waals surface area contributed by atoms with Gasteiger partial charge in [-0.05, 0) is 19.5 Å². The van der Waals surface area contributed by atoms with Crippen LogP contribution in [0.25, 0.3) is 0 Å². The summed E-state index contributed by atoms with van der Waals surface area (Å²) in [6.45, 7) is 3.19. The van der Waals surface area contributed by atoms with E-state index in [1.165, 1.54) is 5.56 Å². The Morgan fingerprint density at radius 1 is 1.15 bits per heavy atom. The summed E-state index contributed by atoms with van der Waals surface area (Å²) in [5, 5.41) is 8.60. The van der Waals surface area contributed by atoms with E-state index in [1.54, 1.807) is 23.9 Å². The van der Waals surface area contributed by atoms with Crippen molar-refractivity contribution < 1.29 is 14.7 Å². The topological polar surface area (TPSA) is 60.9 Å². The Morgan fingerprint density at radius 3 is 2.30 bits per heavy atom. The molecule has 0 saturated heterocycles. The molecule has 20 heavy (non-hydrogen) atoms. The van der Waals surface area contributed by atoms with Crippen LogP contribution in [0.3, 0.4) is 0 Å². The molecule has 0 fully saturated rings. The Hall–Kier alpha value is -1.88. The fraction of sp³-hybridized carbons (Fsp3) is 0.467. The molecule has 5 heteroatoms. The van der Waals surface area contributed by atoms with Crippen molar-refractivity contribution >= 4 is 11.9 Å². The van der Waals surface area contributed by atoms with Gasteiger partial charge in [-0.2, -0.15) is 0 Å². The average molecular weight is 278 g/mol. The molecule has 1 aromatic rings. The van der Waals surface area contributed by atoms with Gasteiger partial charge in [0, 0.05) is 20.1 Å². The van der Waals surface area contributed by atoms with Gasteiger partial charge < -0.3 is 10.0 Å². The molecule has 0 heterocycles. The van der Waals surface area contributed by atoms with Crippen molar-refractivity contribution in [2.45, 2.75) is 19.9 Å². The molecule has 0 aliphatic carbocycles. The van der Waals surface area contributed by atoms with E-state index in [0.29, 0.717) is 13.1 Å². The molecular formula is C15H22N2O3. The van der Waals surface area contributed by atoms with E-state index < -0.39 is 5.97 Å². The zero-order valence-electron chi connectivity index (χ0n) is 12.3. The highest BCUT2D eigenvalue weighted by Crippen LogP contribution is 2.06. The van der Waals surface area contributed by atoms with Crippen LogP contribution in [0.1, 0.15) is 17.5 Å². The third-order valence-corrected chi connectivity index (χ3v) is 3.08. The largest absolute Gasteiger partial charge is 0.481 e. The number of aryl methyl sites for hydroxylation is 1. The molecule has 0 aliphatic rings. The van der Waals surface area contributed by atoms with E-state index in [2.05, 4.69) is 0 Å². The lowest BCUT2D eigenvalue weighted by Crippen LogP contribution is -2.37. The molecule has 1 amide bonds. The van der Waals surface area contributed by atoms with Gasteiger partial charge in [0.25, 0.3) is 0 Å². The maximum absolute atomic E-state index is 12.0. The van der Waals surface area contributed by atoms with Crippen molar-refractivity contribution in [2.75, 3.05) is 27.2 Å². The number of carboxylic acid groups (broad SMARTS) is 1. The number of aliphatic carboxylic acids is 1. The van der Waals surface area contributed by atoms with Crippen LogP contribution in [0.15, 0.2) is 24.3 Å². The average Bonchev–Trinajstić information content (AvgIpc) is 2.39. The van der Waals surface area contributed by atoms with Gasteiger partial charge in [-0.1, -0.05) is 29.8 Å². The molecule has 5 nitrogen and oxygen atoms in total. The highest BCUT2D eigenvalue weighted by Gasteiger charge is 2.12. The van der Waals surface area contributed by atoms with E-state index in [1.807, 2.05) is 31.2 Å². The van der Waals surface area contributed by atoms with Crippen LogP contribution in [0.4, 0.5) is 0 Å². The minimum absolute atomic E-state index is 0.0153. The Bertz CT molecular complexity index is 457. The number of benzene rings is 1. The fourth-order valence-electron chi connectivity index (χ4n) is 1.77. The minimum atomic E-state index is -0.850. The number of carbonyl (C=O) groups is 2. The first kappa shape index (κ1) is 16.2. The Morgan fingerprint density at radius 2 is 1.75 bits per heavy atom. The zero-order valence-corrected chi connectivity index (χ0v) is 12.3. The number of rotatable bonds is 7. The molecule has 110 valence electrons. The summed E-state index contributed by atoms with van der Waals surface area (Å²) in [7, 11) is 3.51. The van der Waals surface area contributed by atoms with E-state index in [0.717, 1.165) is 5.56 Å². The molecule has 1 aromatic carbocycles. The molecule has 0 aromatic heterocycles. The molecule has 0 spiro atoms. The lowest BCUT2D eigenvalue weighted by atomic mass is 10.1. The standard InChI is InChI=1S/C15H22N2O3/c1-12-4-6-13(7-5-12)10-17(3)14(18)11-16(2)9-8-15(19)20/h4-7H,8-11H2,1-3H3,(H,19,20). The first-order valence-corrected chi connectivity index (χ1v) is 6.58. The van der Waals surface area contributed by atoms with Gasteiger partial charge in [-0.15, -0.1) is 0 Å². The molecule has 0 atom stereocenters. The third kappa shape index (κ3) is 5.84. The lowest BCUT2D eigenvalue weighted by molar-refractivity contribution is -0.138. The van der Waals surface area contributed by atoms with Gasteiger partial charge in [0.05, 0.1) is 13.0 Å². The molecule has 0 radical (unpaired) electrons. The predicted molar refractivity (Wildman–Crippen MR) is 77.4 cm³/mol. The van der Waals surface area contributed by atoms with Crippen molar-refractivity contribution in [3.05, 3.63) is 35.4 Å². The van der Waals surface area contributed by atoms with E-state index in [-0.39, 0.29) is 18.9 Å². The molecular weight excluding hydrogens is 256 g/mol. The monoisotopic (exact) mass is 278 g/mol. The molecule has 0 unspecified atom stereocenters. The Balaban J connectivity index is 2.42. The Labute approximate surface area is 119 Å². The van der Waals surface area contributed by atoms with E-state index in [9.17, 15) is 9.59 Å². The van der Waals surface area contributed by atoms with Crippen LogP contribution >= 0.6 is 0 Å². The molecule has 0 bridgehead atoms. The second kappa shape index (κ2) is 7.65. The quantitative estimate of drug-likeness (QED) is 0.818. The van der Waals surface area contributed by atoms with Crippen molar-refractivity contribution in [3.8, 4) is 0 Å². The van der Waals surface area contributed by atoms with Crippen molar-refractivity contribution in [1.29, 1.82) is 0 Å². The van der Waals surface area contributed by atoms with Gasteiger partial charge in [-0.3, -0.25) is 14.5 Å². The number of carbonyl (C=O) groups excluding carboxylic acids is 1. The zero-order chi connectivity index (χ0) is 15.1. The molecule has 1 N–H and O–H groups in total. The lowest BCUT2D eigenvalue weighted by Gasteiger charge is -2.21. The maximum Gasteiger partial charge on any atom is 0.304 e. The van der Waals surface area contributed by atoms with Gasteiger partial charge >= 0.3 is 5.97 Å². The number of carboxylic acids is 1. The summed E-state index contributed by atoms with van der Waals surface area (Å²) in [5.74, 6) is -0.865. The van der Waals surface area contributed by atoms with Crippen molar-refractivity contribution in [1.82, 2.24) is 9.80 Å². The van der Waals surface area contributed by atoms with Crippen molar-refractivity contribution in [3.63, 3.8) is 0 Å². The summed E-state index contributed by atoms with van der Waals surface area (Å²) in [6, 6.07) is 8.06. The van der Waals surface area contributed by atoms with E-state index >= 15 is 0 Å². The number of nitrogens with zero attached hydrogens (tertiary/aromatic N) is 2. The van der Waals surface area contributed by atoms with Crippen LogP contribution in [0, 0.1) is 6.92 Å². The molecule has 1 rings (SSSR count). The third-order valence-electron chi connectivity index (χ3n) is 3.08. The number of likely N-dealkylation sites (N-methyl/N-ethyl adjacent to an activating group) is 2. The summed E-state index contributed by atoms with van der Waals surface area (Å²) in [4.78, 5) is 25.9. The van der Waals surface area contributed by atoms with Crippen LogP contribution in [-0.4, -0.2) is 54.0 Å². The van der Waals surface area contributed by atoms with Gasteiger partial charge in [0.2, 0.25) is 5.91 Å². The van der Waals surface area contributed by atoms with E-state index in [4.69, 9.17) is 5.11 Å². The summed E-state index contributed by atoms with van der Waals surface area (Å²) in [5.41, 5.74) is 2.27. The van der Waals surface area contributed by atoms with Crippen LogP contribution in [-0.2, 0) is 16.1 Å². The summed E-state index contributed by atoms with van der Waals surface area (Å²) < 4.78 is 0.